The molecule has 1 saturated carbocycles. The number of nitrogens with one attached hydrogen (secondary N) is 1. The van der Waals surface area contributed by atoms with Crippen molar-refractivity contribution < 1.29 is 0 Å². The van der Waals surface area contributed by atoms with Crippen LogP contribution in [0.25, 0.3) is 0 Å². The average Bonchev–Trinajstić information content (AvgIpc) is 2.99. The summed E-state index contributed by atoms with van der Waals surface area (Å²) < 4.78 is 0. The SMILES string of the molecule is CCNCC1CC1(C)c1ccc(CC(C)C)cc1. The van der Waals surface area contributed by atoms with E-state index >= 15 is 0 Å². The van der Waals surface area contributed by atoms with E-state index in [9.17, 15) is 0 Å². The molecule has 1 fully saturated rings. The molecule has 1 aliphatic carbocycles. The van der Waals surface area contributed by atoms with Gasteiger partial charge in [-0.15, -0.1) is 0 Å². The summed E-state index contributed by atoms with van der Waals surface area (Å²) in [5.41, 5.74) is 3.43. The van der Waals surface area contributed by atoms with Gasteiger partial charge in [0, 0.05) is 0 Å². The van der Waals surface area contributed by atoms with Crippen molar-refractivity contribution in [1.82, 2.24) is 5.32 Å². The lowest BCUT2D eigenvalue weighted by atomic mass is 9.93. The van der Waals surface area contributed by atoms with Crippen LogP contribution in [0, 0.1) is 11.8 Å². The fourth-order valence-corrected chi connectivity index (χ4v) is 2.92. The van der Waals surface area contributed by atoms with E-state index in [1.165, 1.54) is 30.5 Å². The number of hydrogen-bond acceptors (Lipinski definition) is 1. The topological polar surface area (TPSA) is 12.0 Å². The Kier molecular flexibility index (Phi) is 4.11. The quantitative estimate of drug-likeness (QED) is 0.804. The van der Waals surface area contributed by atoms with Crippen molar-refractivity contribution in [3.63, 3.8) is 0 Å². The van der Waals surface area contributed by atoms with Gasteiger partial charge in [-0.25, -0.2) is 0 Å². The van der Waals surface area contributed by atoms with Crippen LogP contribution in [0.4, 0.5) is 0 Å². The van der Waals surface area contributed by atoms with Crippen molar-refractivity contribution in [2.45, 2.75) is 46.0 Å². The largest absolute Gasteiger partial charge is 0.317 e. The highest BCUT2D eigenvalue weighted by molar-refractivity contribution is 5.35. The van der Waals surface area contributed by atoms with E-state index < -0.39 is 0 Å². The maximum absolute atomic E-state index is 3.47. The molecule has 1 aromatic rings. The molecule has 100 valence electrons. The Bertz CT molecular complexity index is 379. The molecule has 1 aliphatic rings. The minimum atomic E-state index is 0.429. The van der Waals surface area contributed by atoms with E-state index in [-0.39, 0.29) is 0 Å². The Hall–Kier alpha value is -0.820. The zero-order chi connectivity index (χ0) is 13.2. The van der Waals surface area contributed by atoms with Crippen LogP contribution in [-0.2, 0) is 11.8 Å². The molecule has 1 N–H and O–H groups in total. The lowest BCUT2D eigenvalue weighted by molar-refractivity contribution is 0.591. The number of benzene rings is 1. The number of rotatable bonds is 6. The van der Waals surface area contributed by atoms with Crippen LogP contribution in [-0.4, -0.2) is 13.1 Å². The molecule has 1 aromatic carbocycles. The molecule has 0 saturated heterocycles. The Balaban J connectivity index is 1.98. The first kappa shape index (κ1) is 13.6. The van der Waals surface area contributed by atoms with E-state index in [0.29, 0.717) is 5.41 Å². The summed E-state index contributed by atoms with van der Waals surface area (Å²) in [6.45, 7) is 11.4. The first-order chi connectivity index (χ1) is 8.56. The average molecular weight is 245 g/mol. The molecule has 0 aliphatic heterocycles. The third-order valence-corrected chi connectivity index (χ3v) is 4.31. The van der Waals surface area contributed by atoms with Crippen molar-refractivity contribution in [3.8, 4) is 0 Å². The fraction of sp³-hybridized carbons (Fsp3) is 0.647. The van der Waals surface area contributed by atoms with Crippen molar-refractivity contribution >= 4 is 0 Å². The second-order valence-electron chi connectivity index (χ2n) is 6.42. The summed E-state index contributed by atoms with van der Waals surface area (Å²) in [5.74, 6) is 1.57. The first-order valence-electron chi connectivity index (χ1n) is 7.36. The van der Waals surface area contributed by atoms with E-state index in [1.807, 2.05) is 0 Å². The molecule has 0 radical (unpaired) electrons. The maximum atomic E-state index is 3.47. The predicted molar refractivity (Wildman–Crippen MR) is 79.0 cm³/mol. The van der Waals surface area contributed by atoms with Crippen LogP contribution < -0.4 is 5.32 Å². The van der Waals surface area contributed by atoms with Crippen molar-refractivity contribution in [2.24, 2.45) is 11.8 Å². The lowest BCUT2D eigenvalue weighted by Crippen LogP contribution is -2.19. The molecule has 1 heteroatoms. The van der Waals surface area contributed by atoms with Gasteiger partial charge in [0.05, 0.1) is 0 Å². The van der Waals surface area contributed by atoms with Gasteiger partial charge < -0.3 is 5.32 Å². The van der Waals surface area contributed by atoms with Crippen LogP contribution in [0.5, 0.6) is 0 Å². The Morgan fingerprint density at radius 3 is 2.50 bits per heavy atom. The molecule has 0 amide bonds. The molecule has 0 spiro atoms. The van der Waals surface area contributed by atoms with Gasteiger partial charge >= 0.3 is 0 Å². The van der Waals surface area contributed by atoms with Crippen LogP contribution in [0.3, 0.4) is 0 Å². The zero-order valence-corrected chi connectivity index (χ0v) is 12.3. The van der Waals surface area contributed by atoms with Gasteiger partial charge in [0.15, 0.2) is 0 Å². The van der Waals surface area contributed by atoms with E-state index in [0.717, 1.165) is 18.4 Å². The van der Waals surface area contributed by atoms with E-state index in [4.69, 9.17) is 0 Å². The zero-order valence-electron chi connectivity index (χ0n) is 12.3. The van der Waals surface area contributed by atoms with Gasteiger partial charge in [-0.2, -0.15) is 0 Å². The Morgan fingerprint density at radius 1 is 1.28 bits per heavy atom. The van der Waals surface area contributed by atoms with Gasteiger partial charge in [-0.05, 0) is 54.3 Å². The van der Waals surface area contributed by atoms with Crippen LogP contribution in [0.1, 0.15) is 45.2 Å². The second kappa shape index (κ2) is 5.44. The van der Waals surface area contributed by atoms with E-state index in [1.54, 1.807) is 0 Å². The highest BCUT2D eigenvalue weighted by Crippen LogP contribution is 2.53. The normalized spacial score (nSPS) is 26.6. The standard InChI is InChI=1S/C17H27N/c1-5-18-12-16-11-17(16,4)15-8-6-14(7-9-15)10-13(2)3/h6-9,13,16,18H,5,10-12H2,1-4H3. The molecule has 2 unspecified atom stereocenters. The summed E-state index contributed by atoms with van der Waals surface area (Å²) in [4.78, 5) is 0. The lowest BCUT2D eigenvalue weighted by Gasteiger charge is -2.13. The van der Waals surface area contributed by atoms with Crippen LogP contribution in [0.15, 0.2) is 24.3 Å². The predicted octanol–water partition coefficient (Wildman–Crippen LogP) is 3.77. The van der Waals surface area contributed by atoms with Gasteiger partial charge in [0.2, 0.25) is 0 Å². The smallest absolute Gasteiger partial charge is 0.00119 e. The third-order valence-electron chi connectivity index (χ3n) is 4.31. The second-order valence-corrected chi connectivity index (χ2v) is 6.42. The molecule has 2 atom stereocenters. The molecule has 1 nitrogen and oxygen atoms in total. The molecule has 18 heavy (non-hydrogen) atoms. The minimum absolute atomic E-state index is 0.429. The molecule has 2 rings (SSSR count). The Labute approximate surface area is 112 Å². The summed E-state index contributed by atoms with van der Waals surface area (Å²) >= 11 is 0. The molecule has 0 heterocycles. The maximum Gasteiger partial charge on any atom is -0.00119 e. The van der Waals surface area contributed by atoms with Crippen LogP contribution >= 0.6 is 0 Å². The van der Waals surface area contributed by atoms with Crippen LogP contribution in [0.2, 0.25) is 0 Å². The Morgan fingerprint density at radius 2 is 1.94 bits per heavy atom. The van der Waals surface area contributed by atoms with E-state index in [2.05, 4.69) is 57.3 Å². The van der Waals surface area contributed by atoms with Gasteiger partial charge in [0.1, 0.15) is 0 Å². The molecule has 0 aromatic heterocycles. The van der Waals surface area contributed by atoms with Gasteiger partial charge in [0.25, 0.3) is 0 Å². The van der Waals surface area contributed by atoms with Gasteiger partial charge in [-0.1, -0.05) is 52.0 Å². The summed E-state index contributed by atoms with van der Waals surface area (Å²) in [6, 6.07) is 9.35. The van der Waals surface area contributed by atoms with Gasteiger partial charge in [-0.3, -0.25) is 0 Å². The summed E-state index contributed by atoms with van der Waals surface area (Å²) in [5, 5.41) is 3.47. The summed E-state index contributed by atoms with van der Waals surface area (Å²) in [6.07, 6.45) is 2.53. The van der Waals surface area contributed by atoms with Crippen molar-refractivity contribution in [1.29, 1.82) is 0 Å². The minimum Gasteiger partial charge on any atom is -0.317 e. The third kappa shape index (κ3) is 2.95. The number of hydrogen-bond donors (Lipinski definition) is 1. The van der Waals surface area contributed by atoms with Crippen molar-refractivity contribution in [3.05, 3.63) is 35.4 Å². The molecular formula is C17H27N. The fourth-order valence-electron chi connectivity index (χ4n) is 2.92. The highest BCUT2D eigenvalue weighted by Gasteiger charge is 2.50. The monoisotopic (exact) mass is 245 g/mol. The highest BCUT2D eigenvalue weighted by atomic mass is 14.9. The first-order valence-corrected chi connectivity index (χ1v) is 7.36. The summed E-state index contributed by atoms with van der Waals surface area (Å²) in [7, 11) is 0. The molecule has 0 bridgehead atoms. The van der Waals surface area contributed by atoms with Crippen molar-refractivity contribution in [2.75, 3.05) is 13.1 Å². The molecular weight excluding hydrogens is 218 g/mol.